The molecule has 1 aromatic heterocycles. The lowest BCUT2D eigenvalue weighted by Gasteiger charge is -2.27. The maximum atomic E-state index is 4.42. The van der Waals surface area contributed by atoms with E-state index in [-0.39, 0.29) is 5.41 Å². The molecule has 0 radical (unpaired) electrons. The Morgan fingerprint density at radius 1 is 1.00 bits per heavy atom. The van der Waals surface area contributed by atoms with E-state index in [4.69, 9.17) is 0 Å². The maximum absolute atomic E-state index is 4.42. The van der Waals surface area contributed by atoms with E-state index in [2.05, 4.69) is 56.1 Å². The lowest BCUT2D eigenvalue weighted by atomic mass is 9.77. The smallest absolute Gasteiger partial charge is 0.0702 e. The van der Waals surface area contributed by atoms with E-state index in [1.54, 1.807) is 0 Å². The molecule has 0 bridgehead atoms. The molecule has 1 nitrogen and oxygen atoms in total. The number of aromatic nitrogens is 1. The van der Waals surface area contributed by atoms with Gasteiger partial charge in [-0.3, -0.25) is 4.98 Å². The Morgan fingerprint density at radius 3 is 2.39 bits per heavy atom. The van der Waals surface area contributed by atoms with E-state index < -0.39 is 0 Å². The Kier molecular flexibility index (Phi) is 3.81. The molecule has 2 rings (SSSR count). The topological polar surface area (TPSA) is 12.9 Å². The van der Waals surface area contributed by atoms with Crippen LogP contribution in [0.15, 0.2) is 48.7 Å². The molecule has 2 aromatic rings. The van der Waals surface area contributed by atoms with Crippen LogP contribution in [0.3, 0.4) is 0 Å². The normalized spacial score (nSPS) is 11.5. The number of benzene rings is 1. The second-order valence-corrected chi connectivity index (χ2v) is 5.06. The van der Waals surface area contributed by atoms with E-state index >= 15 is 0 Å². The average molecular weight is 239 g/mol. The summed E-state index contributed by atoms with van der Waals surface area (Å²) >= 11 is 0. The lowest BCUT2D eigenvalue weighted by molar-refractivity contribution is 0.439. The van der Waals surface area contributed by atoms with Crippen molar-refractivity contribution in [3.05, 3.63) is 54.2 Å². The van der Waals surface area contributed by atoms with Crippen molar-refractivity contribution in [2.75, 3.05) is 0 Å². The molecule has 1 heteroatoms. The summed E-state index contributed by atoms with van der Waals surface area (Å²) in [4.78, 5) is 4.42. The van der Waals surface area contributed by atoms with Crippen LogP contribution in [0.25, 0.3) is 11.3 Å². The van der Waals surface area contributed by atoms with Gasteiger partial charge < -0.3 is 0 Å². The van der Waals surface area contributed by atoms with Crippen molar-refractivity contribution < 1.29 is 0 Å². The average Bonchev–Trinajstić information content (AvgIpc) is 2.47. The Labute approximate surface area is 110 Å². The Bertz CT molecular complexity index is 498. The van der Waals surface area contributed by atoms with Gasteiger partial charge in [-0.1, -0.05) is 45.0 Å². The molecule has 0 aliphatic rings. The van der Waals surface area contributed by atoms with Crippen molar-refractivity contribution in [3.8, 4) is 11.3 Å². The Hall–Kier alpha value is -1.63. The first-order valence-electron chi connectivity index (χ1n) is 6.71. The molecule has 18 heavy (non-hydrogen) atoms. The third kappa shape index (κ3) is 2.45. The number of rotatable bonds is 4. The highest BCUT2D eigenvalue weighted by Crippen LogP contribution is 2.32. The molecule has 0 atom stereocenters. The summed E-state index contributed by atoms with van der Waals surface area (Å²) in [6, 6.07) is 14.9. The molecule has 0 unspecified atom stereocenters. The van der Waals surface area contributed by atoms with E-state index in [0.29, 0.717) is 0 Å². The predicted molar refractivity (Wildman–Crippen MR) is 77.6 cm³/mol. The summed E-state index contributed by atoms with van der Waals surface area (Å²) in [5, 5.41) is 0. The summed E-state index contributed by atoms with van der Waals surface area (Å²) in [7, 11) is 0. The largest absolute Gasteiger partial charge is 0.256 e. The second kappa shape index (κ2) is 5.34. The number of nitrogens with zero attached hydrogens (tertiary/aromatic N) is 1. The van der Waals surface area contributed by atoms with E-state index in [0.717, 1.165) is 18.5 Å². The van der Waals surface area contributed by atoms with Crippen LogP contribution in [-0.2, 0) is 5.41 Å². The van der Waals surface area contributed by atoms with Gasteiger partial charge in [-0.05, 0) is 42.0 Å². The van der Waals surface area contributed by atoms with Gasteiger partial charge in [0.05, 0.1) is 5.69 Å². The second-order valence-electron chi connectivity index (χ2n) is 5.06. The Balaban J connectivity index is 2.43. The van der Waals surface area contributed by atoms with Gasteiger partial charge in [-0.15, -0.1) is 0 Å². The van der Waals surface area contributed by atoms with Gasteiger partial charge in [0.2, 0.25) is 0 Å². The zero-order chi connectivity index (χ0) is 13.0. The van der Waals surface area contributed by atoms with Gasteiger partial charge in [0.25, 0.3) is 0 Å². The van der Waals surface area contributed by atoms with Crippen molar-refractivity contribution in [2.24, 2.45) is 0 Å². The molecule has 0 fully saturated rings. The molecule has 1 aromatic carbocycles. The first kappa shape index (κ1) is 12.8. The highest BCUT2D eigenvalue weighted by Gasteiger charge is 2.22. The fourth-order valence-electron chi connectivity index (χ4n) is 2.25. The molecule has 0 amide bonds. The van der Waals surface area contributed by atoms with E-state index in [9.17, 15) is 0 Å². The van der Waals surface area contributed by atoms with Gasteiger partial charge >= 0.3 is 0 Å². The summed E-state index contributed by atoms with van der Waals surface area (Å²) in [5.74, 6) is 0. The highest BCUT2D eigenvalue weighted by atomic mass is 14.7. The van der Waals surface area contributed by atoms with Gasteiger partial charge in [0.15, 0.2) is 0 Å². The SMILES string of the molecule is CCC(C)(CC)c1cccc(-c2ccccn2)c1. The van der Waals surface area contributed by atoms with Gasteiger partial charge in [-0.2, -0.15) is 0 Å². The summed E-state index contributed by atoms with van der Waals surface area (Å²) < 4.78 is 0. The number of hydrogen-bond acceptors (Lipinski definition) is 1. The predicted octanol–water partition coefficient (Wildman–Crippen LogP) is 4.83. The quantitative estimate of drug-likeness (QED) is 0.745. The van der Waals surface area contributed by atoms with Gasteiger partial charge in [0.1, 0.15) is 0 Å². The summed E-state index contributed by atoms with van der Waals surface area (Å²) in [5.41, 5.74) is 3.94. The maximum Gasteiger partial charge on any atom is 0.0702 e. The minimum atomic E-state index is 0.269. The minimum absolute atomic E-state index is 0.269. The van der Waals surface area contributed by atoms with E-state index in [1.165, 1.54) is 11.1 Å². The first-order chi connectivity index (χ1) is 8.69. The first-order valence-corrected chi connectivity index (χ1v) is 6.71. The van der Waals surface area contributed by atoms with Crippen molar-refractivity contribution in [3.63, 3.8) is 0 Å². The third-order valence-electron chi connectivity index (χ3n) is 4.08. The monoisotopic (exact) mass is 239 g/mol. The lowest BCUT2D eigenvalue weighted by Crippen LogP contribution is -2.19. The van der Waals surface area contributed by atoms with E-state index in [1.807, 2.05) is 18.3 Å². The fraction of sp³-hybridized carbons (Fsp3) is 0.353. The van der Waals surface area contributed by atoms with Crippen LogP contribution >= 0.6 is 0 Å². The molecule has 0 spiro atoms. The molecule has 0 saturated heterocycles. The molecule has 0 aliphatic carbocycles. The minimum Gasteiger partial charge on any atom is -0.256 e. The molecule has 1 heterocycles. The zero-order valence-electron chi connectivity index (χ0n) is 11.5. The van der Waals surface area contributed by atoms with Gasteiger partial charge in [0, 0.05) is 11.8 Å². The fourth-order valence-corrected chi connectivity index (χ4v) is 2.25. The molecule has 94 valence electrons. The number of pyridine rings is 1. The van der Waals surface area contributed by atoms with Gasteiger partial charge in [-0.25, -0.2) is 0 Å². The van der Waals surface area contributed by atoms with Crippen LogP contribution in [0.1, 0.15) is 39.2 Å². The van der Waals surface area contributed by atoms with Crippen LogP contribution in [0, 0.1) is 0 Å². The van der Waals surface area contributed by atoms with Crippen molar-refractivity contribution in [1.29, 1.82) is 0 Å². The van der Waals surface area contributed by atoms with Crippen molar-refractivity contribution in [2.45, 2.75) is 39.0 Å². The summed E-state index contributed by atoms with van der Waals surface area (Å²) in [6.07, 6.45) is 4.17. The highest BCUT2D eigenvalue weighted by molar-refractivity contribution is 5.60. The third-order valence-corrected chi connectivity index (χ3v) is 4.08. The standard InChI is InChI=1S/C17H21N/c1-4-17(3,5-2)15-10-8-9-14(13-15)16-11-6-7-12-18-16/h6-13H,4-5H2,1-3H3. The van der Waals surface area contributed by atoms with Crippen molar-refractivity contribution >= 4 is 0 Å². The molecular formula is C17H21N. The van der Waals surface area contributed by atoms with Crippen molar-refractivity contribution in [1.82, 2.24) is 4.98 Å². The Morgan fingerprint density at radius 2 is 1.78 bits per heavy atom. The van der Waals surface area contributed by atoms with Crippen LogP contribution in [0.2, 0.25) is 0 Å². The van der Waals surface area contributed by atoms with Crippen LogP contribution in [-0.4, -0.2) is 4.98 Å². The van der Waals surface area contributed by atoms with Crippen LogP contribution in [0.5, 0.6) is 0 Å². The van der Waals surface area contributed by atoms with Crippen LogP contribution < -0.4 is 0 Å². The molecule has 0 aliphatic heterocycles. The van der Waals surface area contributed by atoms with Crippen LogP contribution in [0.4, 0.5) is 0 Å². The summed E-state index contributed by atoms with van der Waals surface area (Å²) in [6.45, 7) is 6.86. The number of hydrogen-bond donors (Lipinski definition) is 0. The molecule has 0 N–H and O–H groups in total. The zero-order valence-corrected chi connectivity index (χ0v) is 11.5. The molecule has 0 saturated carbocycles. The molecular weight excluding hydrogens is 218 g/mol.